The summed E-state index contributed by atoms with van der Waals surface area (Å²) < 4.78 is 0. The van der Waals surface area contributed by atoms with Gasteiger partial charge in [-0.15, -0.1) is 6.58 Å². The predicted molar refractivity (Wildman–Crippen MR) is 23.6 cm³/mol. The summed E-state index contributed by atoms with van der Waals surface area (Å²) in [4.78, 5) is 0. The summed E-state index contributed by atoms with van der Waals surface area (Å²) in [5.74, 6) is 0. The summed E-state index contributed by atoms with van der Waals surface area (Å²) in [5, 5.41) is 8.06. The van der Waals surface area contributed by atoms with Crippen LogP contribution < -0.4 is 0 Å². The molecule has 1 N–H and O–H groups in total. The second-order valence-electron chi connectivity index (χ2n) is 0.626. The first-order valence-corrected chi connectivity index (χ1v) is 1.71. The first-order chi connectivity index (χ1) is 2.27. The number of rotatable bonds is 1. The number of aliphatic hydroxyl groups excluding tert-OH is 1. The predicted octanol–water partition coefficient (Wildman–Crippen LogP) is 0.0352. The van der Waals surface area contributed by atoms with Crippen LogP contribution in [0.3, 0.4) is 0 Å². The van der Waals surface area contributed by atoms with Crippen molar-refractivity contribution >= 4 is 12.6 Å². The van der Waals surface area contributed by atoms with Crippen LogP contribution in [0, 0.1) is 0 Å². The molecule has 0 rings (SSSR count). The van der Waals surface area contributed by atoms with Crippen LogP contribution in [0.1, 0.15) is 0 Å². The largest absolute Gasteiger partial charge is 1.00 e. The van der Waals surface area contributed by atoms with Gasteiger partial charge in [0.15, 0.2) is 0 Å². The van der Waals surface area contributed by atoms with Crippen LogP contribution in [0.15, 0.2) is 12.7 Å². The molecule has 1 atom stereocenters. The van der Waals surface area contributed by atoms with Gasteiger partial charge >= 0.3 is 17.1 Å². The van der Waals surface area contributed by atoms with Gasteiger partial charge in [0.05, 0.1) is 0 Å². The molecule has 0 aliphatic rings. The van der Waals surface area contributed by atoms with E-state index in [-0.39, 0.29) is 17.1 Å². The van der Waals surface area contributed by atoms with Gasteiger partial charge in [0.2, 0.25) is 0 Å². The maximum atomic E-state index is 8.06. The average molecular weight is 153 g/mol. The van der Waals surface area contributed by atoms with E-state index in [4.69, 9.17) is 5.11 Å². The van der Waals surface area contributed by atoms with Gasteiger partial charge in [0.1, 0.15) is 0 Å². The molecule has 0 saturated heterocycles. The quantitative estimate of drug-likeness (QED) is 0.325. The van der Waals surface area contributed by atoms with Gasteiger partial charge in [-0.05, 0) is 5.44 Å². The molecule has 6 heavy (non-hydrogen) atoms. The van der Waals surface area contributed by atoms with E-state index in [0.717, 1.165) is 0 Å². The number of hydrogen-bond acceptors (Lipinski definition) is 2. The van der Waals surface area contributed by atoms with Gasteiger partial charge in [-0.25, -0.2) is 0 Å². The van der Waals surface area contributed by atoms with Crippen LogP contribution in [-0.4, -0.2) is 10.5 Å². The first kappa shape index (κ1) is 9.76. The molecule has 0 spiro atoms. The fourth-order valence-corrected chi connectivity index (χ4v) is 0. The fourth-order valence-electron chi connectivity index (χ4n) is 0. The Morgan fingerprint density at radius 3 is 2.00 bits per heavy atom. The smallest absolute Gasteiger partial charge is 0.757 e. The summed E-state index contributed by atoms with van der Waals surface area (Å²) in [6.45, 7) is 3.21. The molecule has 0 radical (unpaired) electrons. The van der Waals surface area contributed by atoms with E-state index in [9.17, 15) is 0 Å². The third kappa shape index (κ3) is 8.82. The van der Waals surface area contributed by atoms with Crippen molar-refractivity contribution in [3.05, 3.63) is 12.7 Å². The first-order valence-electron chi connectivity index (χ1n) is 1.24. The zero-order valence-corrected chi connectivity index (χ0v) is 4.78. The van der Waals surface area contributed by atoms with Crippen molar-refractivity contribution in [2.45, 2.75) is 5.44 Å². The molecule has 3 heteroatoms. The SMILES string of the molecule is C=CC(O)[S-].[Cu+]. The van der Waals surface area contributed by atoms with Crippen molar-refractivity contribution in [1.29, 1.82) is 0 Å². The number of hydrogen-bond donors (Lipinski definition) is 1. The molecule has 0 aromatic rings. The molecule has 0 aromatic heterocycles. The van der Waals surface area contributed by atoms with Gasteiger partial charge in [-0.2, -0.15) is 0 Å². The Morgan fingerprint density at radius 2 is 2.00 bits per heavy atom. The van der Waals surface area contributed by atoms with Crippen LogP contribution >= 0.6 is 0 Å². The maximum absolute atomic E-state index is 8.06. The molecule has 0 aromatic carbocycles. The summed E-state index contributed by atoms with van der Waals surface area (Å²) in [5.41, 5.74) is -0.769. The van der Waals surface area contributed by atoms with Crippen molar-refractivity contribution in [3.8, 4) is 0 Å². The van der Waals surface area contributed by atoms with Crippen molar-refractivity contribution < 1.29 is 22.2 Å². The minimum Gasteiger partial charge on any atom is -0.757 e. The van der Waals surface area contributed by atoms with Gasteiger partial charge in [0.25, 0.3) is 0 Å². The van der Waals surface area contributed by atoms with Crippen molar-refractivity contribution in [1.82, 2.24) is 0 Å². The van der Waals surface area contributed by atoms with Crippen LogP contribution in [0.4, 0.5) is 0 Å². The number of aliphatic hydroxyl groups is 1. The molecule has 0 amide bonds. The van der Waals surface area contributed by atoms with Gasteiger partial charge < -0.3 is 17.7 Å². The molecule has 0 saturated carbocycles. The second-order valence-corrected chi connectivity index (χ2v) is 1.11. The third-order valence-corrected chi connectivity index (χ3v) is 0.394. The third-order valence-electron chi connectivity index (χ3n) is 0.202. The molecule has 40 valence electrons. The van der Waals surface area contributed by atoms with Crippen LogP contribution in [0.25, 0.3) is 0 Å². The minimum atomic E-state index is -0.769. The minimum absolute atomic E-state index is 0. The Kier molecular flexibility index (Phi) is 9.06. The molecule has 0 bridgehead atoms. The van der Waals surface area contributed by atoms with Crippen molar-refractivity contribution in [2.75, 3.05) is 0 Å². The standard InChI is InChI=1S/C3H6OS.Cu/c1-2-3(4)5;/h2-5H,1H2;/q;+1/p-1. The topological polar surface area (TPSA) is 20.2 Å². The molecular formula is C3H5CuOS. The molecule has 1 unspecified atom stereocenters. The van der Waals surface area contributed by atoms with Gasteiger partial charge in [-0.3, -0.25) is 0 Å². The van der Waals surface area contributed by atoms with Gasteiger partial charge in [0, 0.05) is 0 Å². The van der Waals surface area contributed by atoms with E-state index in [2.05, 4.69) is 19.2 Å². The van der Waals surface area contributed by atoms with E-state index in [1.165, 1.54) is 6.08 Å². The van der Waals surface area contributed by atoms with Crippen molar-refractivity contribution in [2.24, 2.45) is 0 Å². The molecule has 0 fully saturated rings. The molecular weight excluding hydrogens is 148 g/mol. The van der Waals surface area contributed by atoms with Crippen LogP contribution in [0.5, 0.6) is 0 Å². The summed E-state index contributed by atoms with van der Waals surface area (Å²) in [6, 6.07) is 0. The summed E-state index contributed by atoms with van der Waals surface area (Å²) in [6.07, 6.45) is 1.29. The zero-order valence-electron chi connectivity index (χ0n) is 3.02. The molecule has 1 nitrogen and oxygen atoms in total. The summed E-state index contributed by atoms with van der Waals surface area (Å²) >= 11 is 4.22. The molecule has 0 aliphatic carbocycles. The van der Waals surface area contributed by atoms with Gasteiger partial charge in [-0.1, -0.05) is 6.08 Å². The average Bonchev–Trinajstić information content (AvgIpc) is 1.38. The molecule has 0 aliphatic heterocycles. The van der Waals surface area contributed by atoms with Crippen LogP contribution in [0.2, 0.25) is 0 Å². The Labute approximate surface area is 53.3 Å². The molecule has 0 heterocycles. The second kappa shape index (κ2) is 5.57. The Hall–Kier alpha value is 0.569. The van der Waals surface area contributed by atoms with E-state index in [0.29, 0.717) is 0 Å². The van der Waals surface area contributed by atoms with E-state index < -0.39 is 5.44 Å². The maximum Gasteiger partial charge on any atom is 1.00 e. The Morgan fingerprint density at radius 1 is 1.83 bits per heavy atom. The monoisotopic (exact) mass is 152 g/mol. The van der Waals surface area contributed by atoms with Crippen LogP contribution in [-0.2, 0) is 29.7 Å². The zero-order chi connectivity index (χ0) is 4.28. The fraction of sp³-hybridized carbons (Fsp3) is 0.333. The van der Waals surface area contributed by atoms with Crippen molar-refractivity contribution in [3.63, 3.8) is 0 Å². The van der Waals surface area contributed by atoms with E-state index in [1.807, 2.05) is 0 Å². The van der Waals surface area contributed by atoms with E-state index in [1.54, 1.807) is 0 Å². The Balaban J connectivity index is 0. The van der Waals surface area contributed by atoms with E-state index >= 15 is 0 Å². The summed E-state index contributed by atoms with van der Waals surface area (Å²) in [7, 11) is 0. The Bertz CT molecular complexity index is 37.8. The normalized spacial score (nSPS) is 11.7.